The Morgan fingerprint density at radius 2 is 1.26 bits per heavy atom. The number of carbonyl (C=O) groups excluding carboxylic acids is 4. The number of carbonyl (C=O) groups is 4. The van der Waals surface area contributed by atoms with Gasteiger partial charge in [-0.2, -0.15) is 0 Å². The van der Waals surface area contributed by atoms with Gasteiger partial charge in [-0.05, 0) is 46.4 Å². The topological polar surface area (TPSA) is 184 Å². The molecule has 2 aliphatic heterocycles. The van der Waals surface area contributed by atoms with Crippen LogP contribution in [0.15, 0.2) is 27.9 Å². The summed E-state index contributed by atoms with van der Waals surface area (Å²) < 4.78 is 4.72. The third kappa shape index (κ3) is 13.5. The number of amides is 4. The molecule has 4 N–H and O–H groups in total. The minimum atomic E-state index is -0.656. The number of hydrogen-bond acceptors (Lipinski definition) is 12. The van der Waals surface area contributed by atoms with Crippen LogP contribution in [-0.2, 0) is 52.1 Å². The Hall–Kier alpha value is -2.94. The molecule has 0 fully saturated rings. The Morgan fingerprint density at radius 1 is 0.776 bits per heavy atom. The molecule has 0 aliphatic carbocycles. The van der Waals surface area contributed by atoms with Gasteiger partial charge < -0.3 is 35.4 Å². The van der Waals surface area contributed by atoms with Crippen LogP contribution in [-0.4, -0.2) is 116 Å². The van der Waals surface area contributed by atoms with Gasteiger partial charge in [0.2, 0.25) is 11.8 Å². The van der Waals surface area contributed by atoms with Gasteiger partial charge in [-0.15, -0.1) is 22.9 Å². The largest absolute Gasteiger partial charge is 0.394 e. The van der Waals surface area contributed by atoms with Crippen molar-refractivity contribution in [3.8, 4) is 10.8 Å². The number of rotatable bonds is 7. The Labute approximate surface area is 375 Å². The molecule has 4 amide bonds. The number of hydrogen-bond donors (Lipinski definition) is 4. The van der Waals surface area contributed by atoms with Crippen LogP contribution in [0.1, 0.15) is 81.3 Å². The molecule has 58 heavy (non-hydrogen) atoms. The smallest absolute Gasteiger partial charge is 0.0221 e. The van der Waals surface area contributed by atoms with Crippen LogP contribution in [0.25, 0.3) is 10.8 Å². The fourth-order valence-electron chi connectivity index (χ4n) is 5.99. The van der Waals surface area contributed by atoms with E-state index in [0.29, 0.717) is 35.0 Å². The first-order valence-electron chi connectivity index (χ1n) is 18.1. The van der Waals surface area contributed by atoms with E-state index in [4.69, 9.17) is 0 Å². The summed E-state index contributed by atoms with van der Waals surface area (Å²) in [4.78, 5) is 71.4. The average Bonchev–Trinajstić information content (AvgIpc) is 4.01. The number of likely N-dealkylation sites (N-methyl/N-ethyl adjacent to an activating group) is 4. The number of nitrogens with zero attached hydrogens (tertiary/aromatic N) is 8. The van der Waals surface area contributed by atoms with Crippen molar-refractivity contribution in [3.05, 3.63) is 56.2 Å². The van der Waals surface area contributed by atoms with Crippen molar-refractivity contribution >= 4 is 75.9 Å². The molecule has 6 rings (SSSR count). The molecule has 0 radical (unpaired) electrons. The van der Waals surface area contributed by atoms with Crippen molar-refractivity contribution in [3.63, 3.8) is 0 Å². The van der Waals surface area contributed by atoms with Crippen LogP contribution in [0.5, 0.6) is 0 Å². The Balaban J connectivity index is 0.000000341. The molecular formula is C37H56Br2N12O4S2Zn. The molecule has 0 saturated heterocycles. The van der Waals surface area contributed by atoms with Crippen molar-refractivity contribution in [2.24, 2.45) is 10.8 Å². The van der Waals surface area contributed by atoms with E-state index >= 15 is 0 Å². The van der Waals surface area contributed by atoms with Gasteiger partial charge in [0.05, 0.1) is 11.4 Å². The van der Waals surface area contributed by atoms with Crippen LogP contribution < -0.4 is 21.3 Å². The third-order valence-electron chi connectivity index (χ3n) is 9.01. The van der Waals surface area contributed by atoms with Gasteiger partial charge in [-0.1, -0.05) is 49.0 Å². The van der Waals surface area contributed by atoms with Gasteiger partial charge in [0.15, 0.2) is 27.0 Å². The number of nitrogens with one attached hydrogen (secondary N) is 4. The second kappa shape index (κ2) is 23.2. The van der Waals surface area contributed by atoms with Gasteiger partial charge in [0.25, 0.3) is 11.8 Å². The fourth-order valence-corrected chi connectivity index (χ4v) is 7.50. The molecule has 0 unspecified atom stereocenters. The zero-order valence-corrected chi connectivity index (χ0v) is 42.0. The standard InChI is InChI=1S/C18H26N6O2S.C15H24BrN5O2.C3H2NS.CH4.BrH.Zn/c1-18(2,3)13(16(26)19-4)22-15(25)12-11-10-23(5)7-8-24(11)14(21-12)17-20-6-9-27-17;1-15(2,3)11(13(23)17-4)19-12(22)10-9-8-20(5)6-7-21(9)14(16)18-10;1-2-5-3-4-1;;;/h6,9,13H,7-8,10H2,1-5H3,(H,19,26)(H,22,25);11H,6-8H2,1-5H3,(H,17,23)(H,19,22);1-2H;1H4;1H;/q;;-1;;;+2/p-1/t13-;11-;;;;/m11..../s1. The molecule has 2 atom stereocenters. The second-order valence-electron chi connectivity index (χ2n) is 15.4. The molecule has 16 nitrogen and oxygen atoms in total. The molecule has 4 aromatic heterocycles. The van der Waals surface area contributed by atoms with Gasteiger partial charge in [0, 0.05) is 64.9 Å². The van der Waals surface area contributed by atoms with E-state index in [1.54, 1.807) is 26.5 Å². The average molecular weight is 1020 g/mol. The van der Waals surface area contributed by atoms with E-state index in [1.165, 1.54) is 39.0 Å². The zero-order valence-electron chi connectivity index (χ0n) is 34.2. The van der Waals surface area contributed by atoms with E-state index in [1.807, 2.05) is 71.0 Å². The van der Waals surface area contributed by atoms with Crippen molar-refractivity contribution in [2.75, 3.05) is 41.3 Å². The molecule has 6 heterocycles. The maximum absolute atomic E-state index is 13.1. The van der Waals surface area contributed by atoms with Crippen LogP contribution in [0, 0.1) is 16.3 Å². The number of fused-ring (bicyclic) bond motifs is 2. The normalized spacial score (nSPS) is 14.8. The first-order valence-corrected chi connectivity index (χ1v) is 27.6. The zero-order chi connectivity index (χ0) is 42.7. The summed E-state index contributed by atoms with van der Waals surface area (Å²) >= 11 is 10.6. The molecule has 316 valence electrons. The van der Waals surface area contributed by atoms with E-state index in [0.717, 1.165) is 42.6 Å². The molecular weight excluding hydrogens is 966 g/mol. The Kier molecular flexibility index (Phi) is 20.5. The van der Waals surface area contributed by atoms with Gasteiger partial charge >= 0.3 is 30.0 Å². The van der Waals surface area contributed by atoms with Gasteiger partial charge in [-0.3, -0.25) is 40.3 Å². The fraction of sp³-hybridized carbons (Fsp3) is 0.568. The van der Waals surface area contributed by atoms with E-state index in [2.05, 4.69) is 90.6 Å². The Morgan fingerprint density at radius 3 is 1.66 bits per heavy atom. The third-order valence-corrected chi connectivity index (χ3v) is 10.9. The summed E-state index contributed by atoms with van der Waals surface area (Å²) in [5.74, 6) is -0.375. The number of halogens is 2. The summed E-state index contributed by atoms with van der Waals surface area (Å²) in [6.07, 6.45) is 3.45. The van der Waals surface area contributed by atoms with Crippen LogP contribution in [0.4, 0.5) is 0 Å². The molecule has 0 aromatic carbocycles. The van der Waals surface area contributed by atoms with Gasteiger partial charge in [0.1, 0.15) is 12.1 Å². The molecule has 4 aromatic rings. The molecule has 2 aliphatic rings. The maximum Gasteiger partial charge on any atom is -0.0221 e. The van der Waals surface area contributed by atoms with Crippen molar-refractivity contribution in [1.29, 1.82) is 0 Å². The molecule has 0 spiro atoms. The van der Waals surface area contributed by atoms with E-state index in [9.17, 15) is 19.2 Å². The minimum Gasteiger partial charge on any atom is -0.394 e. The second-order valence-corrected chi connectivity index (χ2v) is 17.7. The number of thiazole rings is 2. The maximum atomic E-state index is 13.1. The van der Waals surface area contributed by atoms with Crippen molar-refractivity contribution in [1.82, 2.24) is 60.1 Å². The first-order chi connectivity index (χ1) is 26.9. The number of aromatic nitrogens is 6. The summed E-state index contributed by atoms with van der Waals surface area (Å²) in [7, 11) is 7.16. The first kappa shape index (κ1) is 51.2. The van der Waals surface area contributed by atoms with Crippen LogP contribution in [0.3, 0.4) is 0 Å². The quantitative estimate of drug-likeness (QED) is 0.149. The van der Waals surface area contributed by atoms with Gasteiger partial charge in [-0.25, -0.2) is 15.0 Å². The predicted octanol–water partition coefficient (Wildman–Crippen LogP) is 4.75. The molecule has 0 saturated carbocycles. The molecule has 21 heteroatoms. The summed E-state index contributed by atoms with van der Waals surface area (Å²) in [5, 5.41) is 15.5. The van der Waals surface area contributed by atoms with Crippen LogP contribution in [0.2, 0.25) is 0 Å². The predicted molar refractivity (Wildman–Crippen MR) is 232 cm³/mol. The van der Waals surface area contributed by atoms with E-state index in [-0.39, 0.29) is 31.1 Å². The van der Waals surface area contributed by atoms with Crippen LogP contribution >= 0.6 is 52.2 Å². The molecule has 0 bridgehead atoms. The van der Waals surface area contributed by atoms with E-state index < -0.39 is 22.9 Å². The minimum absolute atomic E-state index is 0. The number of imidazole rings is 2. The summed E-state index contributed by atoms with van der Waals surface area (Å²) in [5.41, 5.74) is 4.30. The van der Waals surface area contributed by atoms with Crippen molar-refractivity contribution < 1.29 is 35.5 Å². The monoisotopic (exact) mass is 1020 g/mol. The SMILES string of the molecule is C.CNC(=O)[C@@H](NC(=O)c1nc(-c2nccs2)n2c1CN(C)CC2)C(C)(C)C.CNC(=O)[C@@H](NC(=O)c1nc(Br)n2c1CN(C)CC2)C(C)(C)C.[Zn+][Br].[c-]1nccs1. The Bertz CT molecular complexity index is 1910. The summed E-state index contributed by atoms with van der Waals surface area (Å²) in [6, 6.07) is -1.28. The van der Waals surface area contributed by atoms with Crippen molar-refractivity contribution in [2.45, 2.75) is 87.2 Å². The summed E-state index contributed by atoms with van der Waals surface area (Å²) in [6.45, 7) is 16.1.